The van der Waals surface area contributed by atoms with Gasteiger partial charge in [0.1, 0.15) is 0 Å². The molecule has 0 aromatic heterocycles. The minimum Gasteiger partial charge on any atom is -0.399 e. The summed E-state index contributed by atoms with van der Waals surface area (Å²) in [5.41, 5.74) is 7.23. The van der Waals surface area contributed by atoms with Gasteiger partial charge < -0.3 is 11.1 Å². The number of likely N-dealkylation sites (N-methyl/N-ethyl adjacent to an activating group) is 1. The Balaban J connectivity index is 1.99. The second-order valence-electron chi connectivity index (χ2n) is 6.50. The van der Waals surface area contributed by atoms with Crippen molar-refractivity contribution >= 4 is 17.3 Å². The SMILES string of the molecule is CC(C(=O)Nc1cccc(N)c1)N1CCN(C)C(C)(C)C1. The number of hydrogen-bond acceptors (Lipinski definition) is 4. The average molecular weight is 290 g/mol. The maximum Gasteiger partial charge on any atom is 0.241 e. The standard InChI is InChI=1S/C16H26N4O/c1-12(20-9-8-19(4)16(2,3)11-20)15(21)18-14-7-5-6-13(17)10-14/h5-7,10,12H,8-9,11,17H2,1-4H3,(H,18,21). The van der Waals surface area contributed by atoms with Gasteiger partial charge in [0.05, 0.1) is 6.04 Å². The highest BCUT2D eigenvalue weighted by molar-refractivity contribution is 5.94. The minimum absolute atomic E-state index is 0.0148. The van der Waals surface area contributed by atoms with E-state index in [1.807, 2.05) is 25.1 Å². The molecular weight excluding hydrogens is 264 g/mol. The highest BCUT2D eigenvalue weighted by Gasteiger charge is 2.34. The van der Waals surface area contributed by atoms with E-state index in [1.54, 1.807) is 6.07 Å². The van der Waals surface area contributed by atoms with Crippen LogP contribution in [-0.4, -0.2) is 54.0 Å². The summed E-state index contributed by atoms with van der Waals surface area (Å²) >= 11 is 0. The largest absolute Gasteiger partial charge is 0.399 e. The maximum atomic E-state index is 12.4. The Morgan fingerprint density at radius 2 is 2.10 bits per heavy atom. The van der Waals surface area contributed by atoms with Crippen molar-refractivity contribution < 1.29 is 4.79 Å². The Labute approximate surface area is 127 Å². The van der Waals surface area contributed by atoms with Crippen LogP contribution in [0.5, 0.6) is 0 Å². The van der Waals surface area contributed by atoms with E-state index in [4.69, 9.17) is 5.73 Å². The monoisotopic (exact) mass is 290 g/mol. The number of carbonyl (C=O) groups excluding carboxylic acids is 1. The van der Waals surface area contributed by atoms with E-state index in [9.17, 15) is 4.79 Å². The third kappa shape index (κ3) is 3.74. The summed E-state index contributed by atoms with van der Waals surface area (Å²) in [6.45, 7) is 9.15. The van der Waals surface area contributed by atoms with Crippen molar-refractivity contribution in [3.63, 3.8) is 0 Å². The molecule has 1 aromatic carbocycles. The van der Waals surface area contributed by atoms with E-state index >= 15 is 0 Å². The summed E-state index contributed by atoms with van der Waals surface area (Å²) in [5, 5.41) is 2.94. The van der Waals surface area contributed by atoms with Gasteiger partial charge in [0.2, 0.25) is 5.91 Å². The molecule has 1 aliphatic heterocycles. The maximum absolute atomic E-state index is 12.4. The summed E-state index contributed by atoms with van der Waals surface area (Å²) in [6, 6.07) is 7.13. The van der Waals surface area contributed by atoms with Gasteiger partial charge in [-0.25, -0.2) is 0 Å². The fraction of sp³-hybridized carbons (Fsp3) is 0.562. The van der Waals surface area contributed by atoms with Crippen molar-refractivity contribution in [1.29, 1.82) is 0 Å². The lowest BCUT2D eigenvalue weighted by Gasteiger charge is -2.46. The summed E-state index contributed by atoms with van der Waals surface area (Å²) in [4.78, 5) is 17.0. The van der Waals surface area contributed by atoms with Crippen LogP contribution in [0.2, 0.25) is 0 Å². The highest BCUT2D eigenvalue weighted by atomic mass is 16.2. The topological polar surface area (TPSA) is 61.6 Å². The second kappa shape index (κ2) is 6.03. The third-order valence-electron chi connectivity index (χ3n) is 4.43. The fourth-order valence-corrected chi connectivity index (χ4v) is 2.64. The molecule has 5 heteroatoms. The Kier molecular flexibility index (Phi) is 4.54. The van der Waals surface area contributed by atoms with Crippen LogP contribution >= 0.6 is 0 Å². The Morgan fingerprint density at radius 1 is 1.38 bits per heavy atom. The molecule has 3 N–H and O–H groups in total. The first-order valence-corrected chi connectivity index (χ1v) is 7.41. The van der Waals surface area contributed by atoms with Gasteiger partial charge in [-0.15, -0.1) is 0 Å². The number of hydrogen-bond donors (Lipinski definition) is 2. The zero-order valence-electron chi connectivity index (χ0n) is 13.4. The predicted octanol–water partition coefficient (Wildman–Crippen LogP) is 1.62. The van der Waals surface area contributed by atoms with Crippen molar-refractivity contribution in [1.82, 2.24) is 9.80 Å². The lowest BCUT2D eigenvalue weighted by atomic mass is 9.98. The molecule has 1 amide bonds. The summed E-state index contributed by atoms with van der Waals surface area (Å²) in [6.07, 6.45) is 0. The third-order valence-corrected chi connectivity index (χ3v) is 4.43. The molecule has 1 fully saturated rings. The Morgan fingerprint density at radius 3 is 2.71 bits per heavy atom. The average Bonchev–Trinajstić information content (AvgIpc) is 2.41. The van der Waals surface area contributed by atoms with Crippen molar-refractivity contribution in [3.8, 4) is 0 Å². The molecule has 0 saturated carbocycles. The van der Waals surface area contributed by atoms with E-state index in [0.29, 0.717) is 5.69 Å². The number of nitrogen functional groups attached to an aromatic ring is 1. The molecule has 1 heterocycles. The quantitative estimate of drug-likeness (QED) is 0.831. The Hall–Kier alpha value is -1.59. The van der Waals surface area contributed by atoms with Gasteiger partial charge in [-0.2, -0.15) is 0 Å². The molecule has 1 saturated heterocycles. The smallest absolute Gasteiger partial charge is 0.241 e. The van der Waals surface area contributed by atoms with Crippen LogP contribution in [0.4, 0.5) is 11.4 Å². The second-order valence-corrected chi connectivity index (χ2v) is 6.50. The number of rotatable bonds is 3. The zero-order valence-corrected chi connectivity index (χ0v) is 13.4. The van der Waals surface area contributed by atoms with E-state index in [0.717, 1.165) is 25.3 Å². The normalized spacial score (nSPS) is 21.0. The fourth-order valence-electron chi connectivity index (χ4n) is 2.64. The predicted molar refractivity (Wildman–Crippen MR) is 87.2 cm³/mol. The van der Waals surface area contributed by atoms with E-state index in [1.165, 1.54) is 0 Å². The van der Waals surface area contributed by atoms with Crippen LogP contribution < -0.4 is 11.1 Å². The van der Waals surface area contributed by atoms with Gasteiger partial charge >= 0.3 is 0 Å². The first-order valence-electron chi connectivity index (χ1n) is 7.41. The van der Waals surface area contributed by atoms with E-state index in [2.05, 4.69) is 36.0 Å². The van der Waals surface area contributed by atoms with Crippen LogP contribution in [0, 0.1) is 0 Å². The van der Waals surface area contributed by atoms with Crippen LogP contribution in [-0.2, 0) is 4.79 Å². The molecule has 0 spiro atoms. The van der Waals surface area contributed by atoms with E-state index < -0.39 is 0 Å². The number of benzene rings is 1. The number of anilines is 2. The first-order chi connectivity index (χ1) is 9.79. The van der Waals surface area contributed by atoms with Crippen LogP contribution in [0.25, 0.3) is 0 Å². The lowest BCUT2D eigenvalue weighted by Crippen LogP contribution is -2.61. The van der Waals surface area contributed by atoms with Gasteiger partial charge in [-0.3, -0.25) is 14.6 Å². The number of carbonyl (C=O) groups is 1. The molecule has 2 rings (SSSR count). The number of piperazine rings is 1. The lowest BCUT2D eigenvalue weighted by molar-refractivity contribution is -0.122. The van der Waals surface area contributed by atoms with Crippen molar-refractivity contribution in [2.24, 2.45) is 0 Å². The molecular formula is C16H26N4O. The zero-order chi connectivity index (χ0) is 15.6. The van der Waals surface area contributed by atoms with Crippen LogP contribution in [0.15, 0.2) is 24.3 Å². The van der Waals surface area contributed by atoms with Crippen molar-refractivity contribution in [3.05, 3.63) is 24.3 Å². The van der Waals surface area contributed by atoms with Gasteiger partial charge in [0.15, 0.2) is 0 Å². The number of nitrogens with two attached hydrogens (primary N) is 1. The number of nitrogens with zero attached hydrogens (tertiary/aromatic N) is 2. The number of amides is 1. The van der Waals surface area contributed by atoms with E-state index in [-0.39, 0.29) is 17.5 Å². The van der Waals surface area contributed by atoms with Crippen LogP contribution in [0.3, 0.4) is 0 Å². The summed E-state index contributed by atoms with van der Waals surface area (Å²) < 4.78 is 0. The molecule has 21 heavy (non-hydrogen) atoms. The van der Waals surface area contributed by atoms with Gasteiger partial charge in [-0.1, -0.05) is 6.07 Å². The molecule has 1 unspecified atom stereocenters. The molecule has 5 nitrogen and oxygen atoms in total. The molecule has 1 aromatic rings. The van der Waals surface area contributed by atoms with Gasteiger partial charge in [0.25, 0.3) is 0 Å². The number of nitrogens with one attached hydrogen (secondary N) is 1. The first kappa shape index (κ1) is 15.8. The molecule has 1 aliphatic rings. The Bertz CT molecular complexity index is 515. The summed E-state index contributed by atoms with van der Waals surface area (Å²) in [7, 11) is 2.13. The minimum atomic E-state index is -0.153. The summed E-state index contributed by atoms with van der Waals surface area (Å²) in [5.74, 6) is 0.0148. The molecule has 1 atom stereocenters. The molecule has 0 radical (unpaired) electrons. The molecule has 0 aliphatic carbocycles. The van der Waals surface area contributed by atoms with Crippen molar-refractivity contribution in [2.45, 2.75) is 32.4 Å². The van der Waals surface area contributed by atoms with Crippen LogP contribution in [0.1, 0.15) is 20.8 Å². The van der Waals surface area contributed by atoms with Gasteiger partial charge in [-0.05, 0) is 46.0 Å². The van der Waals surface area contributed by atoms with Crippen molar-refractivity contribution in [2.75, 3.05) is 37.7 Å². The van der Waals surface area contributed by atoms with Gasteiger partial charge in [0, 0.05) is 36.5 Å². The highest BCUT2D eigenvalue weighted by Crippen LogP contribution is 2.21. The molecule has 116 valence electrons. The molecule has 0 bridgehead atoms.